The molecule has 0 spiro atoms. The van der Waals surface area contributed by atoms with Crippen LogP contribution in [0.5, 0.6) is 0 Å². The Bertz CT molecular complexity index is 333. The highest BCUT2D eigenvalue weighted by Gasteiger charge is 2.28. The summed E-state index contributed by atoms with van der Waals surface area (Å²) in [6, 6.07) is 8.24. The highest BCUT2D eigenvalue weighted by atomic mass is 16.5. The van der Waals surface area contributed by atoms with Gasteiger partial charge in [0.2, 0.25) is 0 Å². The molecule has 82 valence electrons. The molecular formula is C13H18O2. The molecule has 2 rings (SSSR count). The van der Waals surface area contributed by atoms with Crippen LogP contribution in [0.3, 0.4) is 0 Å². The van der Waals surface area contributed by atoms with Crippen molar-refractivity contribution in [3.63, 3.8) is 0 Å². The first-order valence-electron chi connectivity index (χ1n) is 5.53. The monoisotopic (exact) mass is 206 g/mol. The second-order valence-electron chi connectivity index (χ2n) is 4.56. The van der Waals surface area contributed by atoms with Crippen LogP contribution in [0.2, 0.25) is 0 Å². The molecule has 0 bridgehead atoms. The first-order chi connectivity index (χ1) is 7.20. The van der Waals surface area contributed by atoms with Crippen LogP contribution in [-0.2, 0) is 11.3 Å². The summed E-state index contributed by atoms with van der Waals surface area (Å²) < 4.78 is 5.52. The van der Waals surface area contributed by atoms with Gasteiger partial charge in [-0.25, -0.2) is 0 Å². The van der Waals surface area contributed by atoms with E-state index >= 15 is 0 Å². The van der Waals surface area contributed by atoms with Crippen LogP contribution in [0.25, 0.3) is 0 Å². The van der Waals surface area contributed by atoms with Gasteiger partial charge in [-0.1, -0.05) is 38.1 Å². The van der Waals surface area contributed by atoms with Crippen LogP contribution in [-0.4, -0.2) is 17.8 Å². The molecule has 0 radical (unpaired) electrons. The van der Waals surface area contributed by atoms with Gasteiger partial charge in [0.15, 0.2) is 0 Å². The second-order valence-corrected chi connectivity index (χ2v) is 4.56. The molecule has 1 aliphatic heterocycles. The maximum absolute atomic E-state index is 10.1. The standard InChI is InChI=1S/C13H18O2/c1-9(2)13(14)12-8-15-7-10-5-3-4-6-11(10)12/h3-6,9,12-14H,7-8H2,1-2H3. The molecule has 15 heavy (non-hydrogen) atoms. The van der Waals surface area contributed by atoms with Crippen molar-refractivity contribution >= 4 is 0 Å². The van der Waals surface area contributed by atoms with Crippen molar-refractivity contribution in [1.82, 2.24) is 0 Å². The Hall–Kier alpha value is -0.860. The van der Waals surface area contributed by atoms with E-state index in [0.717, 1.165) is 0 Å². The molecule has 2 unspecified atom stereocenters. The number of fused-ring (bicyclic) bond motifs is 1. The van der Waals surface area contributed by atoms with E-state index in [1.165, 1.54) is 11.1 Å². The fourth-order valence-electron chi connectivity index (χ4n) is 2.16. The van der Waals surface area contributed by atoms with Gasteiger partial charge in [-0.2, -0.15) is 0 Å². The molecule has 0 fully saturated rings. The summed E-state index contributed by atoms with van der Waals surface area (Å²) in [6.07, 6.45) is -0.313. The van der Waals surface area contributed by atoms with Crippen molar-refractivity contribution in [2.45, 2.75) is 32.5 Å². The number of ether oxygens (including phenoxy) is 1. The van der Waals surface area contributed by atoms with Crippen LogP contribution in [0, 0.1) is 5.92 Å². The summed E-state index contributed by atoms with van der Waals surface area (Å²) in [4.78, 5) is 0. The average molecular weight is 206 g/mol. The van der Waals surface area contributed by atoms with E-state index in [4.69, 9.17) is 4.74 Å². The van der Waals surface area contributed by atoms with Gasteiger partial charge in [-0.3, -0.25) is 0 Å². The summed E-state index contributed by atoms with van der Waals surface area (Å²) in [5.41, 5.74) is 2.47. The topological polar surface area (TPSA) is 29.5 Å². The number of hydrogen-bond acceptors (Lipinski definition) is 2. The summed E-state index contributed by atoms with van der Waals surface area (Å²) in [5.74, 6) is 0.403. The quantitative estimate of drug-likeness (QED) is 0.804. The molecule has 2 heteroatoms. The van der Waals surface area contributed by atoms with Crippen molar-refractivity contribution in [2.24, 2.45) is 5.92 Å². The zero-order valence-electron chi connectivity index (χ0n) is 9.31. The van der Waals surface area contributed by atoms with Crippen LogP contribution in [0.4, 0.5) is 0 Å². The smallest absolute Gasteiger partial charge is 0.0719 e. The van der Waals surface area contributed by atoms with Gasteiger partial charge in [0.1, 0.15) is 0 Å². The lowest BCUT2D eigenvalue weighted by atomic mass is 9.84. The molecule has 1 aromatic carbocycles. The molecule has 0 saturated heterocycles. The van der Waals surface area contributed by atoms with Crippen molar-refractivity contribution in [3.05, 3.63) is 35.4 Å². The number of benzene rings is 1. The Morgan fingerprint density at radius 1 is 1.33 bits per heavy atom. The van der Waals surface area contributed by atoms with Crippen molar-refractivity contribution < 1.29 is 9.84 Å². The summed E-state index contributed by atoms with van der Waals surface area (Å²) in [7, 11) is 0. The fraction of sp³-hybridized carbons (Fsp3) is 0.538. The molecule has 2 atom stereocenters. The first-order valence-corrected chi connectivity index (χ1v) is 5.53. The van der Waals surface area contributed by atoms with E-state index in [1.54, 1.807) is 0 Å². The minimum atomic E-state index is -0.313. The Morgan fingerprint density at radius 3 is 2.80 bits per heavy atom. The first kappa shape index (κ1) is 10.7. The Kier molecular flexibility index (Phi) is 3.08. The molecule has 2 nitrogen and oxygen atoms in total. The zero-order valence-corrected chi connectivity index (χ0v) is 9.31. The Labute approximate surface area is 90.9 Å². The largest absolute Gasteiger partial charge is 0.392 e. The number of hydrogen-bond donors (Lipinski definition) is 1. The van der Waals surface area contributed by atoms with Crippen LogP contribution in [0.15, 0.2) is 24.3 Å². The van der Waals surface area contributed by atoms with Crippen molar-refractivity contribution in [1.29, 1.82) is 0 Å². The number of aliphatic hydroxyl groups excluding tert-OH is 1. The molecule has 0 aromatic heterocycles. The maximum atomic E-state index is 10.1. The molecular weight excluding hydrogens is 188 g/mol. The summed E-state index contributed by atoms with van der Waals surface area (Å²) in [5, 5.41) is 10.1. The van der Waals surface area contributed by atoms with Crippen LogP contribution < -0.4 is 0 Å². The van der Waals surface area contributed by atoms with E-state index in [-0.39, 0.29) is 17.9 Å². The highest BCUT2D eigenvalue weighted by molar-refractivity contribution is 5.32. The van der Waals surface area contributed by atoms with Gasteiger partial charge in [0.25, 0.3) is 0 Å². The Morgan fingerprint density at radius 2 is 2.07 bits per heavy atom. The molecule has 1 aromatic rings. The molecule has 0 aliphatic carbocycles. The van der Waals surface area contributed by atoms with Crippen LogP contribution >= 0.6 is 0 Å². The van der Waals surface area contributed by atoms with Gasteiger partial charge < -0.3 is 9.84 Å². The van der Waals surface area contributed by atoms with E-state index in [1.807, 2.05) is 26.0 Å². The van der Waals surface area contributed by atoms with Crippen molar-refractivity contribution in [3.8, 4) is 0 Å². The number of rotatable bonds is 2. The summed E-state index contributed by atoms with van der Waals surface area (Å²) >= 11 is 0. The summed E-state index contributed by atoms with van der Waals surface area (Å²) in [6.45, 7) is 5.40. The van der Waals surface area contributed by atoms with Gasteiger partial charge >= 0.3 is 0 Å². The maximum Gasteiger partial charge on any atom is 0.0719 e. The number of aliphatic hydroxyl groups is 1. The minimum Gasteiger partial charge on any atom is -0.392 e. The minimum absolute atomic E-state index is 0.134. The van der Waals surface area contributed by atoms with Crippen LogP contribution in [0.1, 0.15) is 30.9 Å². The Balaban J connectivity index is 2.29. The van der Waals surface area contributed by atoms with Gasteiger partial charge in [-0.15, -0.1) is 0 Å². The average Bonchev–Trinajstić information content (AvgIpc) is 2.27. The van der Waals surface area contributed by atoms with Gasteiger partial charge in [-0.05, 0) is 17.0 Å². The lowest BCUT2D eigenvalue weighted by Gasteiger charge is -2.31. The molecule has 1 heterocycles. The van der Waals surface area contributed by atoms with Gasteiger partial charge in [0.05, 0.1) is 19.3 Å². The predicted molar refractivity (Wildman–Crippen MR) is 59.7 cm³/mol. The third kappa shape index (κ3) is 2.06. The van der Waals surface area contributed by atoms with E-state index in [2.05, 4.69) is 12.1 Å². The van der Waals surface area contributed by atoms with E-state index in [9.17, 15) is 5.11 Å². The molecule has 1 N–H and O–H groups in total. The zero-order chi connectivity index (χ0) is 10.8. The molecule has 0 saturated carbocycles. The normalized spacial score (nSPS) is 22.5. The SMILES string of the molecule is CC(C)C(O)C1COCc2ccccc21. The second kappa shape index (κ2) is 4.33. The molecule has 0 amide bonds. The third-order valence-corrected chi connectivity index (χ3v) is 3.10. The highest BCUT2D eigenvalue weighted by Crippen LogP contribution is 2.31. The van der Waals surface area contributed by atoms with Gasteiger partial charge in [0, 0.05) is 5.92 Å². The third-order valence-electron chi connectivity index (χ3n) is 3.10. The van der Waals surface area contributed by atoms with Crippen molar-refractivity contribution in [2.75, 3.05) is 6.61 Å². The lowest BCUT2D eigenvalue weighted by molar-refractivity contribution is 0.0191. The predicted octanol–water partition coefficient (Wildman–Crippen LogP) is 2.32. The molecule has 1 aliphatic rings. The van der Waals surface area contributed by atoms with E-state index < -0.39 is 0 Å². The lowest BCUT2D eigenvalue weighted by Crippen LogP contribution is -2.31. The van der Waals surface area contributed by atoms with E-state index in [0.29, 0.717) is 13.2 Å². The fourth-order valence-corrected chi connectivity index (χ4v) is 2.16.